The first kappa shape index (κ1) is 14.3. The number of hydrogen-bond donors (Lipinski definition) is 1. The molecule has 0 radical (unpaired) electrons. The fraction of sp³-hybridized carbons (Fsp3) is 0.500. The number of aromatic nitrogens is 4. The van der Waals surface area contributed by atoms with E-state index in [4.69, 9.17) is 4.74 Å². The Morgan fingerprint density at radius 2 is 2.10 bits per heavy atom. The number of rotatable bonds is 7. The van der Waals surface area contributed by atoms with E-state index in [1.807, 2.05) is 24.7 Å². The maximum atomic E-state index is 5.76. The van der Waals surface area contributed by atoms with Crippen molar-refractivity contribution in [1.29, 1.82) is 0 Å². The molecule has 2 rings (SSSR count). The van der Waals surface area contributed by atoms with Gasteiger partial charge in [0.2, 0.25) is 5.88 Å². The van der Waals surface area contributed by atoms with Crippen LogP contribution >= 0.6 is 0 Å². The van der Waals surface area contributed by atoms with Crippen molar-refractivity contribution in [3.8, 4) is 11.6 Å². The van der Waals surface area contributed by atoms with Crippen LogP contribution in [0.3, 0.4) is 0 Å². The molecule has 2 heterocycles. The molecule has 0 aliphatic carbocycles. The second-order valence-corrected chi connectivity index (χ2v) is 4.43. The van der Waals surface area contributed by atoms with Crippen LogP contribution in [-0.4, -0.2) is 26.3 Å². The molecule has 108 valence electrons. The highest BCUT2D eigenvalue weighted by atomic mass is 16.5. The molecule has 0 fully saturated rings. The van der Waals surface area contributed by atoms with Crippen LogP contribution in [0.5, 0.6) is 11.6 Å². The van der Waals surface area contributed by atoms with Gasteiger partial charge in [-0.05, 0) is 13.3 Å². The van der Waals surface area contributed by atoms with E-state index in [9.17, 15) is 0 Å². The van der Waals surface area contributed by atoms with Gasteiger partial charge < -0.3 is 10.1 Å². The van der Waals surface area contributed by atoms with E-state index in [2.05, 4.69) is 27.3 Å². The van der Waals surface area contributed by atoms with Crippen LogP contribution in [0.1, 0.15) is 33.0 Å². The Morgan fingerprint density at radius 3 is 2.80 bits per heavy atom. The van der Waals surface area contributed by atoms with E-state index < -0.39 is 0 Å². The Morgan fingerprint density at radius 1 is 1.25 bits per heavy atom. The molecule has 0 atom stereocenters. The quantitative estimate of drug-likeness (QED) is 0.841. The molecule has 0 spiro atoms. The number of ether oxygens (including phenoxy) is 1. The minimum atomic E-state index is 0.545. The van der Waals surface area contributed by atoms with E-state index in [0.29, 0.717) is 11.6 Å². The lowest BCUT2D eigenvalue weighted by Crippen LogP contribution is -2.04. The third kappa shape index (κ3) is 3.69. The van der Waals surface area contributed by atoms with Crippen molar-refractivity contribution in [1.82, 2.24) is 19.7 Å². The predicted octanol–water partition coefficient (Wildman–Crippen LogP) is 2.87. The fourth-order valence-electron chi connectivity index (χ4n) is 1.82. The van der Waals surface area contributed by atoms with Gasteiger partial charge in [-0.1, -0.05) is 13.8 Å². The highest BCUT2D eigenvalue weighted by Crippen LogP contribution is 2.21. The predicted molar refractivity (Wildman–Crippen MR) is 78.2 cm³/mol. The van der Waals surface area contributed by atoms with Gasteiger partial charge >= 0.3 is 0 Å². The van der Waals surface area contributed by atoms with E-state index in [-0.39, 0.29) is 0 Å². The third-order valence-corrected chi connectivity index (χ3v) is 2.71. The summed E-state index contributed by atoms with van der Waals surface area (Å²) in [4.78, 5) is 8.77. The van der Waals surface area contributed by atoms with Crippen LogP contribution in [0.25, 0.3) is 0 Å². The van der Waals surface area contributed by atoms with Crippen molar-refractivity contribution in [3.63, 3.8) is 0 Å². The molecule has 6 heteroatoms. The van der Waals surface area contributed by atoms with E-state index in [1.165, 1.54) is 0 Å². The topological polar surface area (TPSA) is 64.9 Å². The first-order chi connectivity index (χ1) is 9.75. The molecule has 0 aromatic carbocycles. The van der Waals surface area contributed by atoms with Crippen LogP contribution in [-0.2, 0) is 13.0 Å². The molecule has 6 nitrogen and oxygen atoms in total. The highest BCUT2D eigenvalue weighted by molar-refractivity contribution is 5.39. The number of nitrogens with zero attached hydrogens (tertiary/aromatic N) is 4. The molecule has 0 unspecified atom stereocenters. The molecule has 2 aromatic rings. The Hall–Kier alpha value is -2.11. The average Bonchev–Trinajstić information content (AvgIpc) is 2.86. The SMILES string of the molecule is CCCn1cc(Oc2cc(NCC)nc(CC)n2)cn1. The summed E-state index contributed by atoms with van der Waals surface area (Å²) in [5.74, 6) is 2.79. The summed E-state index contributed by atoms with van der Waals surface area (Å²) in [5.41, 5.74) is 0. The van der Waals surface area contributed by atoms with Gasteiger partial charge in [-0.2, -0.15) is 10.1 Å². The maximum absolute atomic E-state index is 5.76. The van der Waals surface area contributed by atoms with Crippen LogP contribution in [0, 0.1) is 0 Å². The smallest absolute Gasteiger partial charge is 0.224 e. The lowest BCUT2D eigenvalue weighted by atomic mass is 10.4. The van der Waals surface area contributed by atoms with Crippen molar-refractivity contribution >= 4 is 5.82 Å². The van der Waals surface area contributed by atoms with Gasteiger partial charge in [-0.15, -0.1) is 0 Å². The van der Waals surface area contributed by atoms with Crippen LogP contribution in [0.4, 0.5) is 5.82 Å². The summed E-state index contributed by atoms with van der Waals surface area (Å²) in [6.45, 7) is 7.87. The van der Waals surface area contributed by atoms with Crippen molar-refractivity contribution in [3.05, 3.63) is 24.3 Å². The van der Waals surface area contributed by atoms with Gasteiger partial charge in [0.15, 0.2) is 5.75 Å². The van der Waals surface area contributed by atoms with Crippen molar-refractivity contribution in [2.45, 2.75) is 40.2 Å². The zero-order valence-corrected chi connectivity index (χ0v) is 12.3. The Labute approximate surface area is 119 Å². The molecule has 0 aliphatic heterocycles. The molecule has 0 saturated heterocycles. The summed E-state index contributed by atoms with van der Waals surface area (Å²) in [7, 11) is 0. The second kappa shape index (κ2) is 6.88. The number of anilines is 1. The molecule has 2 aromatic heterocycles. The summed E-state index contributed by atoms with van der Waals surface area (Å²) in [6.07, 6.45) is 5.39. The van der Waals surface area contributed by atoms with Crippen LogP contribution in [0.15, 0.2) is 18.5 Å². The highest BCUT2D eigenvalue weighted by Gasteiger charge is 2.07. The van der Waals surface area contributed by atoms with Gasteiger partial charge in [0.05, 0.1) is 12.4 Å². The monoisotopic (exact) mass is 275 g/mol. The number of nitrogens with one attached hydrogen (secondary N) is 1. The molecular weight excluding hydrogens is 254 g/mol. The Bertz CT molecular complexity index is 552. The normalized spacial score (nSPS) is 10.6. The van der Waals surface area contributed by atoms with E-state index in [0.717, 1.165) is 37.6 Å². The molecule has 1 N–H and O–H groups in total. The summed E-state index contributed by atoms with van der Waals surface area (Å²) < 4.78 is 7.62. The van der Waals surface area contributed by atoms with E-state index >= 15 is 0 Å². The molecule has 0 aliphatic rings. The Balaban J connectivity index is 2.16. The first-order valence-corrected chi connectivity index (χ1v) is 7.07. The second-order valence-electron chi connectivity index (χ2n) is 4.43. The Kier molecular flexibility index (Phi) is 4.92. The van der Waals surface area contributed by atoms with Gasteiger partial charge in [-0.25, -0.2) is 4.98 Å². The van der Waals surface area contributed by atoms with Gasteiger partial charge in [0.25, 0.3) is 0 Å². The fourth-order valence-corrected chi connectivity index (χ4v) is 1.82. The summed E-state index contributed by atoms with van der Waals surface area (Å²) >= 11 is 0. The minimum Gasteiger partial charge on any atom is -0.436 e. The average molecular weight is 275 g/mol. The molecule has 0 bridgehead atoms. The van der Waals surface area contributed by atoms with Crippen LogP contribution in [0.2, 0.25) is 0 Å². The first-order valence-electron chi connectivity index (χ1n) is 7.07. The van der Waals surface area contributed by atoms with Gasteiger partial charge in [-0.3, -0.25) is 4.68 Å². The molecular formula is C14H21N5O. The van der Waals surface area contributed by atoms with E-state index in [1.54, 1.807) is 12.3 Å². The zero-order chi connectivity index (χ0) is 14.4. The van der Waals surface area contributed by atoms with Gasteiger partial charge in [0.1, 0.15) is 11.6 Å². The lowest BCUT2D eigenvalue weighted by Gasteiger charge is -2.07. The van der Waals surface area contributed by atoms with Crippen molar-refractivity contribution < 1.29 is 4.74 Å². The van der Waals surface area contributed by atoms with Crippen molar-refractivity contribution in [2.24, 2.45) is 0 Å². The van der Waals surface area contributed by atoms with Gasteiger partial charge in [0, 0.05) is 25.6 Å². The third-order valence-electron chi connectivity index (χ3n) is 2.71. The minimum absolute atomic E-state index is 0.545. The molecule has 20 heavy (non-hydrogen) atoms. The standard InChI is InChI=1S/C14H21N5O/c1-4-7-19-10-11(9-16-19)20-14-8-13(15-6-3)17-12(5-2)18-14/h8-10H,4-7H2,1-3H3,(H,15,17,18). The zero-order valence-electron chi connectivity index (χ0n) is 12.3. The summed E-state index contributed by atoms with van der Waals surface area (Å²) in [5, 5.41) is 7.42. The number of hydrogen-bond acceptors (Lipinski definition) is 5. The lowest BCUT2D eigenvalue weighted by molar-refractivity contribution is 0.457. The van der Waals surface area contributed by atoms with Crippen LogP contribution < -0.4 is 10.1 Å². The number of aryl methyl sites for hydroxylation is 2. The molecule has 0 amide bonds. The molecule has 0 saturated carbocycles. The van der Waals surface area contributed by atoms with Crippen molar-refractivity contribution in [2.75, 3.05) is 11.9 Å². The largest absolute Gasteiger partial charge is 0.436 e. The maximum Gasteiger partial charge on any atom is 0.224 e. The summed E-state index contributed by atoms with van der Waals surface area (Å²) in [6, 6.07) is 1.81.